The molecule has 1 amide bonds. The predicted octanol–water partition coefficient (Wildman–Crippen LogP) is 3.60. The van der Waals surface area contributed by atoms with Gasteiger partial charge in [0.1, 0.15) is 4.88 Å². The normalized spacial score (nSPS) is 12.4. The van der Waals surface area contributed by atoms with Crippen LogP contribution in [-0.4, -0.2) is 22.8 Å². The Bertz CT molecular complexity index is 519. The third-order valence-electron chi connectivity index (χ3n) is 2.92. The molecule has 2 aromatic rings. The topological polar surface area (TPSA) is 33.2 Å². The molecule has 96 valence electrons. The molecule has 18 heavy (non-hydrogen) atoms. The van der Waals surface area contributed by atoms with Crippen molar-refractivity contribution in [3.8, 4) is 0 Å². The first-order valence-corrected chi connectivity index (χ1v) is 7.58. The van der Waals surface area contributed by atoms with Crippen molar-refractivity contribution >= 4 is 28.6 Å². The van der Waals surface area contributed by atoms with Crippen molar-refractivity contribution in [2.45, 2.75) is 26.3 Å². The summed E-state index contributed by atoms with van der Waals surface area (Å²) in [4.78, 5) is 20.2. The third-order valence-corrected chi connectivity index (χ3v) is 5.10. The van der Waals surface area contributed by atoms with Gasteiger partial charge in [-0.1, -0.05) is 13.0 Å². The molecule has 0 aliphatic rings. The molecule has 2 heterocycles. The summed E-state index contributed by atoms with van der Waals surface area (Å²) < 4.78 is 0. The maximum atomic E-state index is 12.3. The van der Waals surface area contributed by atoms with Crippen LogP contribution in [0.4, 0.5) is 0 Å². The maximum Gasteiger partial charge on any atom is 0.265 e. The van der Waals surface area contributed by atoms with Crippen molar-refractivity contribution in [2.24, 2.45) is 0 Å². The van der Waals surface area contributed by atoms with Crippen LogP contribution in [0.3, 0.4) is 0 Å². The standard InChI is InChI=1S/C13H16N2OS2/c1-4-12-14-8-11(18-12)13(16)15(3)9(2)10-6-5-7-17-10/h5-9H,4H2,1-3H3. The molecule has 1 unspecified atom stereocenters. The number of nitrogens with zero attached hydrogens (tertiary/aromatic N) is 2. The minimum atomic E-state index is 0.0492. The zero-order valence-electron chi connectivity index (χ0n) is 10.7. The molecule has 1 atom stereocenters. The molecular formula is C13H16N2OS2. The van der Waals surface area contributed by atoms with Gasteiger partial charge >= 0.3 is 0 Å². The average Bonchev–Trinajstić information content (AvgIpc) is 3.06. The Kier molecular flexibility index (Phi) is 4.14. The number of amides is 1. The smallest absolute Gasteiger partial charge is 0.265 e. The summed E-state index contributed by atoms with van der Waals surface area (Å²) in [7, 11) is 1.85. The second kappa shape index (κ2) is 5.63. The molecule has 0 spiro atoms. The summed E-state index contributed by atoms with van der Waals surface area (Å²) in [5.74, 6) is 0.0492. The van der Waals surface area contributed by atoms with Crippen molar-refractivity contribution in [2.75, 3.05) is 7.05 Å². The monoisotopic (exact) mass is 280 g/mol. The fraction of sp³-hybridized carbons (Fsp3) is 0.385. The Morgan fingerprint density at radius 2 is 2.33 bits per heavy atom. The van der Waals surface area contributed by atoms with E-state index in [0.717, 1.165) is 16.3 Å². The highest BCUT2D eigenvalue weighted by Gasteiger charge is 2.21. The van der Waals surface area contributed by atoms with E-state index in [1.807, 2.05) is 32.3 Å². The highest BCUT2D eigenvalue weighted by atomic mass is 32.1. The van der Waals surface area contributed by atoms with E-state index < -0.39 is 0 Å². The van der Waals surface area contributed by atoms with Gasteiger partial charge in [-0.25, -0.2) is 4.98 Å². The molecule has 2 rings (SSSR count). The minimum absolute atomic E-state index is 0.0492. The number of aromatic nitrogens is 1. The van der Waals surface area contributed by atoms with Gasteiger partial charge in [0.15, 0.2) is 0 Å². The van der Waals surface area contributed by atoms with Crippen LogP contribution < -0.4 is 0 Å². The van der Waals surface area contributed by atoms with Gasteiger partial charge in [0.25, 0.3) is 5.91 Å². The summed E-state index contributed by atoms with van der Waals surface area (Å²) in [6, 6.07) is 4.17. The largest absolute Gasteiger partial charge is 0.333 e. The van der Waals surface area contributed by atoms with Crippen LogP contribution in [0.5, 0.6) is 0 Å². The van der Waals surface area contributed by atoms with E-state index in [-0.39, 0.29) is 11.9 Å². The van der Waals surface area contributed by atoms with Crippen molar-refractivity contribution in [1.82, 2.24) is 9.88 Å². The van der Waals surface area contributed by atoms with Gasteiger partial charge < -0.3 is 4.90 Å². The summed E-state index contributed by atoms with van der Waals surface area (Å²) in [6.45, 7) is 4.09. The molecule has 0 aliphatic carbocycles. The third kappa shape index (κ3) is 2.62. The van der Waals surface area contributed by atoms with Gasteiger partial charge in [0.2, 0.25) is 0 Å². The fourth-order valence-corrected chi connectivity index (χ4v) is 3.31. The zero-order valence-corrected chi connectivity index (χ0v) is 12.3. The van der Waals surface area contributed by atoms with E-state index in [0.29, 0.717) is 0 Å². The van der Waals surface area contributed by atoms with Gasteiger partial charge in [-0.05, 0) is 24.8 Å². The second-order valence-electron chi connectivity index (χ2n) is 4.08. The van der Waals surface area contributed by atoms with Gasteiger partial charge in [-0.15, -0.1) is 22.7 Å². The Balaban J connectivity index is 2.13. The van der Waals surface area contributed by atoms with E-state index >= 15 is 0 Å². The fourth-order valence-electron chi connectivity index (χ4n) is 1.64. The Hall–Kier alpha value is -1.20. The van der Waals surface area contributed by atoms with Crippen LogP contribution in [0.15, 0.2) is 23.7 Å². The number of hydrogen-bond donors (Lipinski definition) is 0. The molecule has 0 saturated heterocycles. The quantitative estimate of drug-likeness (QED) is 0.857. The summed E-state index contributed by atoms with van der Waals surface area (Å²) in [5.41, 5.74) is 0. The second-order valence-corrected chi connectivity index (χ2v) is 6.17. The average molecular weight is 280 g/mol. The molecule has 0 fully saturated rings. The molecule has 0 aliphatic heterocycles. The number of rotatable bonds is 4. The maximum absolute atomic E-state index is 12.3. The van der Waals surface area contributed by atoms with Crippen LogP contribution in [0.25, 0.3) is 0 Å². The lowest BCUT2D eigenvalue weighted by atomic mass is 10.2. The predicted molar refractivity (Wildman–Crippen MR) is 76.3 cm³/mol. The first-order valence-electron chi connectivity index (χ1n) is 5.88. The van der Waals surface area contributed by atoms with Crippen LogP contribution in [0, 0.1) is 0 Å². The van der Waals surface area contributed by atoms with Crippen molar-refractivity contribution in [3.05, 3.63) is 38.5 Å². The van der Waals surface area contributed by atoms with Gasteiger partial charge in [-0.2, -0.15) is 0 Å². The van der Waals surface area contributed by atoms with Crippen LogP contribution in [0.1, 0.15) is 39.4 Å². The zero-order chi connectivity index (χ0) is 13.1. The lowest BCUT2D eigenvalue weighted by Crippen LogP contribution is -2.28. The molecular weight excluding hydrogens is 264 g/mol. The first kappa shape index (κ1) is 13.2. The highest BCUT2D eigenvalue weighted by Crippen LogP contribution is 2.26. The van der Waals surface area contributed by atoms with Gasteiger partial charge in [0.05, 0.1) is 17.2 Å². The van der Waals surface area contributed by atoms with Crippen LogP contribution in [0.2, 0.25) is 0 Å². The Labute approximate surface area is 115 Å². The molecule has 0 N–H and O–H groups in total. The van der Waals surface area contributed by atoms with E-state index in [9.17, 15) is 4.79 Å². The number of carbonyl (C=O) groups is 1. The molecule has 0 aromatic carbocycles. The molecule has 0 saturated carbocycles. The molecule has 5 heteroatoms. The highest BCUT2D eigenvalue weighted by molar-refractivity contribution is 7.13. The lowest BCUT2D eigenvalue weighted by Gasteiger charge is -2.23. The minimum Gasteiger partial charge on any atom is -0.333 e. The van der Waals surface area contributed by atoms with E-state index in [1.165, 1.54) is 16.2 Å². The van der Waals surface area contributed by atoms with Crippen molar-refractivity contribution < 1.29 is 4.79 Å². The number of thiophene rings is 1. The molecule has 2 aromatic heterocycles. The number of aryl methyl sites for hydroxylation is 1. The van der Waals surface area contributed by atoms with Crippen molar-refractivity contribution in [1.29, 1.82) is 0 Å². The Morgan fingerprint density at radius 1 is 1.56 bits per heavy atom. The van der Waals surface area contributed by atoms with E-state index in [1.54, 1.807) is 22.4 Å². The number of hydrogen-bond acceptors (Lipinski definition) is 4. The van der Waals surface area contributed by atoms with Crippen LogP contribution >= 0.6 is 22.7 Å². The molecule has 3 nitrogen and oxygen atoms in total. The van der Waals surface area contributed by atoms with Gasteiger partial charge in [0, 0.05) is 11.9 Å². The summed E-state index contributed by atoms with van der Waals surface area (Å²) in [5, 5.41) is 3.04. The first-order chi connectivity index (χ1) is 8.63. The number of carbonyl (C=O) groups excluding carboxylic acids is 1. The lowest BCUT2D eigenvalue weighted by molar-refractivity contribution is 0.0749. The number of thiazole rings is 1. The summed E-state index contributed by atoms with van der Waals surface area (Å²) >= 11 is 3.16. The molecule has 0 radical (unpaired) electrons. The summed E-state index contributed by atoms with van der Waals surface area (Å²) in [6.07, 6.45) is 2.56. The van der Waals surface area contributed by atoms with Crippen molar-refractivity contribution in [3.63, 3.8) is 0 Å². The van der Waals surface area contributed by atoms with E-state index in [2.05, 4.69) is 11.1 Å². The SMILES string of the molecule is CCc1ncc(C(=O)N(C)C(C)c2cccs2)s1. The van der Waals surface area contributed by atoms with Gasteiger partial charge in [-0.3, -0.25) is 4.79 Å². The Morgan fingerprint density at radius 3 is 2.89 bits per heavy atom. The molecule has 0 bridgehead atoms. The van der Waals surface area contributed by atoms with Crippen LogP contribution in [-0.2, 0) is 6.42 Å². The van der Waals surface area contributed by atoms with E-state index in [4.69, 9.17) is 0 Å².